The molecule has 4 heteroatoms. The summed E-state index contributed by atoms with van der Waals surface area (Å²) in [6.45, 7) is 4.69. The van der Waals surface area contributed by atoms with E-state index in [1.54, 1.807) is 0 Å². The predicted molar refractivity (Wildman–Crippen MR) is 132 cm³/mol. The molecule has 1 aliphatic carbocycles. The van der Waals surface area contributed by atoms with E-state index in [1.807, 2.05) is 0 Å². The molecule has 2 aliphatic heterocycles. The fraction of sp³-hybridized carbons (Fsp3) is 0.536. The fourth-order valence-corrected chi connectivity index (χ4v) is 6.59. The van der Waals surface area contributed by atoms with Crippen LogP contribution in [0.4, 0.5) is 5.69 Å². The largest absolute Gasteiger partial charge is 0.382 e. The van der Waals surface area contributed by atoms with Gasteiger partial charge in [-0.05, 0) is 94.5 Å². The van der Waals surface area contributed by atoms with E-state index in [0.29, 0.717) is 17.5 Å². The second kappa shape index (κ2) is 8.22. The van der Waals surface area contributed by atoms with Gasteiger partial charge in [0.05, 0.1) is 11.0 Å². The molecule has 0 radical (unpaired) electrons. The maximum Gasteiger partial charge on any atom is 0.114 e. The summed E-state index contributed by atoms with van der Waals surface area (Å²) in [5.74, 6) is 1.25. The Kier molecular flexibility index (Phi) is 5.21. The van der Waals surface area contributed by atoms with Crippen LogP contribution in [0.25, 0.3) is 11.0 Å². The van der Waals surface area contributed by atoms with Crippen LogP contribution in [0.3, 0.4) is 0 Å². The first kappa shape index (κ1) is 20.3. The van der Waals surface area contributed by atoms with Crippen LogP contribution in [0.1, 0.15) is 74.9 Å². The summed E-state index contributed by atoms with van der Waals surface area (Å²) in [6, 6.07) is 16.7. The maximum absolute atomic E-state index is 5.34. The van der Waals surface area contributed by atoms with Crippen molar-refractivity contribution in [1.82, 2.24) is 14.9 Å². The highest BCUT2D eigenvalue weighted by Crippen LogP contribution is 2.47. The third-order valence-electron chi connectivity index (χ3n) is 8.52. The first-order chi connectivity index (χ1) is 15.7. The average Bonchev–Trinajstić information content (AvgIpc) is 3.19. The molecule has 168 valence electrons. The second-order valence-electron chi connectivity index (χ2n) is 10.6. The zero-order valence-electron chi connectivity index (χ0n) is 19.4. The van der Waals surface area contributed by atoms with Crippen molar-refractivity contribution in [3.05, 3.63) is 59.4 Å². The van der Waals surface area contributed by atoms with Crippen molar-refractivity contribution in [2.45, 2.75) is 76.8 Å². The molecule has 32 heavy (non-hydrogen) atoms. The molecule has 2 fully saturated rings. The van der Waals surface area contributed by atoms with Crippen LogP contribution < -0.4 is 10.6 Å². The molecule has 0 bridgehead atoms. The van der Waals surface area contributed by atoms with Crippen molar-refractivity contribution >= 4 is 16.7 Å². The Labute approximate surface area is 191 Å². The van der Waals surface area contributed by atoms with E-state index in [-0.39, 0.29) is 0 Å². The van der Waals surface area contributed by atoms with Gasteiger partial charge in [0.15, 0.2) is 0 Å². The Balaban J connectivity index is 1.39. The summed E-state index contributed by atoms with van der Waals surface area (Å²) in [4.78, 5) is 5.34. The quantitative estimate of drug-likeness (QED) is 0.549. The summed E-state index contributed by atoms with van der Waals surface area (Å²) in [5, 5.41) is 7.26. The lowest BCUT2D eigenvalue weighted by Gasteiger charge is -2.43. The van der Waals surface area contributed by atoms with Gasteiger partial charge in [0.25, 0.3) is 0 Å². The summed E-state index contributed by atoms with van der Waals surface area (Å²) < 4.78 is 2.65. The van der Waals surface area contributed by atoms with Gasteiger partial charge in [-0.3, -0.25) is 0 Å². The van der Waals surface area contributed by atoms with Gasteiger partial charge >= 0.3 is 0 Å². The smallest absolute Gasteiger partial charge is 0.114 e. The van der Waals surface area contributed by atoms with Gasteiger partial charge in [-0.25, -0.2) is 4.98 Å². The minimum Gasteiger partial charge on any atom is -0.382 e. The molecule has 3 aromatic rings. The SMILES string of the molecule is C[C@H]1CCc2c(ccc3c2nc(Cc2ccccc2)n3C2CCC3(CCNCC3)CC2)N1. The lowest BCUT2D eigenvalue weighted by Crippen LogP contribution is -2.39. The van der Waals surface area contributed by atoms with Crippen LogP contribution in [0, 0.1) is 5.41 Å². The van der Waals surface area contributed by atoms with Crippen molar-refractivity contribution in [2.75, 3.05) is 18.4 Å². The number of aryl methyl sites for hydroxylation is 1. The minimum absolute atomic E-state index is 0.547. The van der Waals surface area contributed by atoms with Crippen molar-refractivity contribution in [2.24, 2.45) is 5.41 Å². The first-order valence-corrected chi connectivity index (χ1v) is 12.7. The third kappa shape index (κ3) is 3.63. The van der Waals surface area contributed by atoms with Crippen LogP contribution in [0.2, 0.25) is 0 Å². The molecule has 1 saturated carbocycles. The standard InChI is InChI=1S/C28H36N4/c1-20-7-8-23-24(30-20)9-10-25-27(23)31-26(19-21-5-3-2-4-6-21)32(25)22-11-13-28(14-12-22)15-17-29-18-16-28/h2-6,9-10,20,22,29-30H,7-8,11-19H2,1H3/t20-/m0/s1. The molecule has 3 aliphatic rings. The third-order valence-corrected chi connectivity index (χ3v) is 8.52. The van der Waals surface area contributed by atoms with E-state index in [2.05, 4.69) is 64.6 Å². The summed E-state index contributed by atoms with van der Waals surface area (Å²) in [5.41, 5.74) is 7.28. The number of piperidine rings is 1. The topological polar surface area (TPSA) is 41.9 Å². The summed E-state index contributed by atoms with van der Waals surface area (Å²) in [7, 11) is 0. The first-order valence-electron chi connectivity index (χ1n) is 12.7. The molecule has 0 unspecified atom stereocenters. The van der Waals surface area contributed by atoms with E-state index in [1.165, 1.54) is 91.7 Å². The number of hydrogen-bond acceptors (Lipinski definition) is 3. The lowest BCUT2D eigenvalue weighted by atomic mass is 9.67. The van der Waals surface area contributed by atoms with Gasteiger partial charge in [0.1, 0.15) is 5.82 Å². The number of hydrogen-bond donors (Lipinski definition) is 2. The van der Waals surface area contributed by atoms with Gasteiger partial charge in [0.2, 0.25) is 0 Å². The Hall–Kier alpha value is -2.33. The highest BCUT2D eigenvalue weighted by molar-refractivity contribution is 5.86. The number of nitrogens with zero attached hydrogens (tertiary/aromatic N) is 2. The van der Waals surface area contributed by atoms with E-state index >= 15 is 0 Å². The van der Waals surface area contributed by atoms with E-state index in [0.717, 1.165) is 12.8 Å². The highest BCUT2D eigenvalue weighted by atomic mass is 15.1. The van der Waals surface area contributed by atoms with Crippen molar-refractivity contribution in [3.8, 4) is 0 Å². The zero-order chi connectivity index (χ0) is 21.5. The van der Waals surface area contributed by atoms with Crippen molar-refractivity contribution in [1.29, 1.82) is 0 Å². The maximum atomic E-state index is 5.34. The normalized spacial score (nSPS) is 23.2. The molecule has 0 amide bonds. The van der Waals surface area contributed by atoms with Gasteiger partial charge < -0.3 is 15.2 Å². The molecular weight excluding hydrogens is 392 g/mol. The molecule has 1 aromatic heterocycles. The Morgan fingerprint density at radius 3 is 2.53 bits per heavy atom. The van der Waals surface area contributed by atoms with Crippen molar-refractivity contribution < 1.29 is 0 Å². The predicted octanol–water partition coefficient (Wildman–Crippen LogP) is 5.86. The van der Waals surface area contributed by atoms with Crippen LogP contribution in [-0.4, -0.2) is 28.7 Å². The van der Waals surface area contributed by atoms with Crippen LogP contribution >= 0.6 is 0 Å². The van der Waals surface area contributed by atoms with Gasteiger partial charge in [-0.15, -0.1) is 0 Å². The number of benzene rings is 2. The highest BCUT2D eigenvalue weighted by Gasteiger charge is 2.37. The lowest BCUT2D eigenvalue weighted by molar-refractivity contribution is 0.108. The van der Waals surface area contributed by atoms with Gasteiger partial charge in [-0.2, -0.15) is 0 Å². The molecule has 3 heterocycles. The van der Waals surface area contributed by atoms with E-state index < -0.39 is 0 Å². The number of rotatable bonds is 3. The average molecular weight is 429 g/mol. The molecule has 4 nitrogen and oxygen atoms in total. The molecular formula is C28H36N4. The summed E-state index contributed by atoms with van der Waals surface area (Å²) >= 11 is 0. The van der Waals surface area contributed by atoms with Crippen LogP contribution in [0.15, 0.2) is 42.5 Å². The fourth-order valence-electron chi connectivity index (χ4n) is 6.59. The molecule has 1 saturated heterocycles. The van der Waals surface area contributed by atoms with Gasteiger partial charge in [0, 0.05) is 29.8 Å². The number of fused-ring (bicyclic) bond motifs is 3. The molecule has 2 N–H and O–H groups in total. The van der Waals surface area contributed by atoms with Crippen molar-refractivity contribution in [3.63, 3.8) is 0 Å². The number of imidazole rings is 1. The van der Waals surface area contributed by atoms with Gasteiger partial charge in [-0.1, -0.05) is 30.3 Å². The zero-order valence-corrected chi connectivity index (χ0v) is 19.4. The Morgan fingerprint density at radius 1 is 0.969 bits per heavy atom. The Bertz CT molecular complexity index is 1080. The number of nitrogens with one attached hydrogen (secondary N) is 2. The molecule has 6 rings (SSSR count). The molecule has 1 atom stereocenters. The second-order valence-corrected chi connectivity index (χ2v) is 10.6. The van der Waals surface area contributed by atoms with E-state index in [9.17, 15) is 0 Å². The minimum atomic E-state index is 0.547. The van der Waals surface area contributed by atoms with E-state index in [4.69, 9.17) is 4.98 Å². The number of aromatic nitrogens is 2. The molecule has 2 aromatic carbocycles. The van der Waals surface area contributed by atoms with Crippen LogP contribution in [-0.2, 0) is 12.8 Å². The summed E-state index contributed by atoms with van der Waals surface area (Å²) in [6.07, 6.45) is 11.3. The Morgan fingerprint density at radius 2 is 1.75 bits per heavy atom. The monoisotopic (exact) mass is 428 g/mol. The molecule has 1 spiro atoms. The number of anilines is 1. The van der Waals surface area contributed by atoms with Crippen LogP contribution in [0.5, 0.6) is 0 Å².